The SMILES string of the molecule is CC[C@@H](C(=O)NC1CCCCC1)N(Cc1ccc(Cl)cc1)C(=O)CCCN(c1ccccc1F)S(C)(=O)=O. The van der Waals surface area contributed by atoms with Crippen molar-refractivity contribution >= 4 is 39.1 Å². The summed E-state index contributed by atoms with van der Waals surface area (Å²) in [6, 6.07) is 12.2. The molecule has 0 bridgehead atoms. The molecule has 0 radical (unpaired) electrons. The molecule has 1 N–H and O–H groups in total. The van der Waals surface area contributed by atoms with Crippen molar-refractivity contribution in [3.05, 3.63) is 64.9 Å². The molecule has 7 nitrogen and oxygen atoms in total. The lowest BCUT2D eigenvalue weighted by Crippen LogP contribution is -2.51. The van der Waals surface area contributed by atoms with E-state index < -0.39 is 21.9 Å². The summed E-state index contributed by atoms with van der Waals surface area (Å²) in [5.41, 5.74) is 0.773. The van der Waals surface area contributed by atoms with Crippen LogP contribution in [0.4, 0.5) is 10.1 Å². The Kier molecular flexibility index (Phi) is 11.0. The molecule has 0 spiro atoms. The molecule has 208 valence electrons. The third kappa shape index (κ3) is 8.43. The molecule has 38 heavy (non-hydrogen) atoms. The first-order valence-corrected chi connectivity index (χ1v) is 15.4. The van der Waals surface area contributed by atoms with Crippen LogP contribution in [-0.2, 0) is 26.2 Å². The maximum Gasteiger partial charge on any atom is 0.243 e. The minimum atomic E-state index is -3.77. The number of carbonyl (C=O) groups excluding carboxylic acids is 2. The first-order valence-electron chi connectivity index (χ1n) is 13.2. The number of nitrogens with one attached hydrogen (secondary N) is 1. The first-order chi connectivity index (χ1) is 18.1. The summed E-state index contributed by atoms with van der Waals surface area (Å²) in [4.78, 5) is 28.4. The third-order valence-electron chi connectivity index (χ3n) is 6.88. The maximum absolute atomic E-state index is 14.4. The standard InChI is InChI=1S/C28H37ClFN3O4S/c1-3-25(28(35)31-23-10-5-4-6-11-23)32(20-21-15-17-22(29)18-16-21)27(34)14-9-19-33(38(2,36)37)26-13-8-7-12-24(26)30/h7-8,12-13,15-18,23,25H,3-6,9-11,14,19-20H2,1-2H3,(H,31,35)/t25-/m0/s1. The normalized spacial score (nSPS) is 15.1. The smallest absolute Gasteiger partial charge is 0.243 e. The van der Waals surface area contributed by atoms with Crippen molar-refractivity contribution in [2.45, 2.75) is 76.9 Å². The van der Waals surface area contributed by atoms with Gasteiger partial charge in [0.25, 0.3) is 0 Å². The Bertz CT molecular complexity index is 1190. The number of amides is 2. The van der Waals surface area contributed by atoms with E-state index in [1.54, 1.807) is 23.1 Å². The lowest BCUT2D eigenvalue weighted by molar-refractivity contribution is -0.141. The van der Waals surface area contributed by atoms with Gasteiger partial charge in [-0.3, -0.25) is 13.9 Å². The van der Waals surface area contributed by atoms with Crippen LogP contribution in [0.1, 0.15) is 63.9 Å². The summed E-state index contributed by atoms with van der Waals surface area (Å²) in [6.07, 6.45) is 6.80. The topological polar surface area (TPSA) is 86.8 Å². The van der Waals surface area contributed by atoms with E-state index in [9.17, 15) is 22.4 Å². The quantitative estimate of drug-likeness (QED) is 0.379. The summed E-state index contributed by atoms with van der Waals surface area (Å²) in [5, 5.41) is 3.71. The van der Waals surface area contributed by atoms with Crippen LogP contribution in [0, 0.1) is 5.82 Å². The van der Waals surface area contributed by atoms with E-state index in [-0.39, 0.29) is 49.5 Å². The van der Waals surface area contributed by atoms with Gasteiger partial charge in [-0.25, -0.2) is 12.8 Å². The molecule has 1 aliphatic rings. The molecule has 1 atom stereocenters. The molecular weight excluding hydrogens is 529 g/mol. The largest absolute Gasteiger partial charge is 0.352 e. The number of carbonyl (C=O) groups is 2. The van der Waals surface area contributed by atoms with Crippen LogP contribution in [0.3, 0.4) is 0 Å². The summed E-state index contributed by atoms with van der Waals surface area (Å²) in [5.74, 6) is -1.10. The van der Waals surface area contributed by atoms with Crippen LogP contribution in [-0.4, -0.2) is 50.0 Å². The van der Waals surface area contributed by atoms with E-state index in [1.165, 1.54) is 24.6 Å². The second-order valence-electron chi connectivity index (χ2n) is 9.81. The van der Waals surface area contributed by atoms with Crippen LogP contribution in [0.25, 0.3) is 0 Å². The number of halogens is 2. The lowest BCUT2D eigenvalue weighted by Gasteiger charge is -2.33. The van der Waals surface area contributed by atoms with Crippen LogP contribution in [0.2, 0.25) is 5.02 Å². The number of para-hydroxylation sites is 1. The summed E-state index contributed by atoms with van der Waals surface area (Å²) < 4.78 is 40.1. The van der Waals surface area contributed by atoms with Crippen molar-refractivity contribution in [2.24, 2.45) is 0 Å². The van der Waals surface area contributed by atoms with E-state index in [4.69, 9.17) is 11.6 Å². The zero-order valence-corrected chi connectivity index (χ0v) is 23.6. The molecule has 10 heteroatoms. The maximum atomic E-state index is 14.4. The van der Waals surface area contributed by atoms with E-state index in [2.05, 4.69) is 5.32 Å². The van der Waals surface area contributed by atoms with Crippen LogP contribution in [0.5, 0.6) is 0 Å². The number of hydrogen-bond acceptors (Lipinski definition) is 4. The van der Waals surface area contributed by atoms with E-state index in [1.807, 2.05) is 19.1 Å². The van der Waals surface area contributed by atoms with Gasteiger partial charge in [-0.2, -0.15) is 0 Å². The Morgan fingerprint density at radius 3 is 2.34 bits per heavy atom. The molecule has 0 unspecified atom stereocenters. The van der Waals surface area contributed by atoms with Gasteiger partial charge in [-0.15, -0.1) is 0 Å². The second-order valence-corrected chi connectivity index (χ2v) is 12.1. The van der Waals surface area contributed by atoms with Gasteiger partial charge >= 0.3 is 0 Å². The van der Waals surface area contributed by atoms with E-state index >= 15 is 0 Å². The van der Waals surface area contributed by atoms with Gasteiger partial charge in [0, 0.05) is 30.6 Å². The monoisotopic (exact) mass is 565 g/mol. The van der Waals surface area contributed by atoms with Gasteiger partial charge in [0.2, 0.25) is 21.8 Å². The molecule has 2 amide bonds. The van der Waals surface area contributed by atoms with E-state index in [0.717, 1.165) is 41.8 Å². The summed E-state index contributed by atoms with van der Waals surface area (Å²) in [7, 11) is -3.77. The van der Waals surface area contributed by atoms with Crippen molar-refractivity contribution < 1.29 is 22.4 Å². The second kappa shape index (κ2) is 13.9. The van der Waals surface area contributed by atoms with Crippen molar-refractivity contribution in [3.8, 4) is 0 Å². The summed E-state index contributed by atoms with van der Waals surface area (Å²) >= 11 is 6.03. The first kappa shape index (κ1) is 29.9. The van der Waals surface area contributed by atoms with Gasteiger partial charge in [-0.1, -0.05) is 62.1 Å². The van der Waals surface area contributed by atoms with Gasteiger partial charge in [0.1, 0.15) is 11.9 Å². The molecule has 1 aliphatic carbocycles. The zero-order valence-electron chi connectivity index (χ0n) is 22.0. The van der Waals surface area contributed by atoms with Crippen LogP contribution in [0.15, 0.2) is 48.5 Å². The highest BCUT2D eigenvalue weighted by Crippen LogP contribution is 2.23. The molecule has 2 aromatic rings. The molecule has 0 aliphatic heterocycles. The highest BCUT2D eigenvalue weighted by atomic mass is 35.5. The number of anilines is 1. The molecule has 0 aromatic heterocycles. The highest BCUT2D eigenvalue weighted by molar-refractivity contribution is 7.92. The van der Waals surface area contributed by atoms with Crippen molar-refractivity contribution in [3.63, 3.8) is 0 Å². The molecule has 2 aromatic carbocycles. The predicted octanol–water partition coefficient (Wildman–Crippen LogP) is 5.28. The fourth-order valence-electron chi connectivity index (χ4n) is 4.89. The van der Waals surface area contributed by atoms with Gasteiger partial charge in [0.15, 0.2) is 0 Å². The van der Waals surface area contributed by atoms with Gasteiger partial charge < -0.3 is 10.2 Å². The van der Waals surface area contributed by atoms with Crippen molar-refractivity contribution in [1.82, 2.24) is 10.2 Å². The van der Waals surface area contributed by atoms with Gasteiger partial charge in [0.05, 0.1) is 11.9 Å². The average molecular weight is 566 g/mol. The molecule has 0 heterocycles. The Hall–Kier alpha value is -2.65. The third-order valence-corrected chi connectivity index (χ3v) is 8.31. The summed E-state index contributed by atoms with van der Waals surface area (Å²) in [6.45, 7) is 2.03. The fourth-order valence-corrected chi connectivity index (χ4v) is 5.98. The van der Waals surface area contributed by atoms with Crippen LogP contribution >= 0.6 is 11.6 Å². The minimum absolute atomic E-state index is 0.00126. The number of sulfonamides is 1. The van der Waals surface area contributed by atoms with E-state index in [0.29, 0.717) is 11.4 Å². The molecule has 3 rings (SSSR count). The van der Waals surface area contributed by atoms with Crippen molar-refractivity contribution in [2.75, 3.05) is 17.1 Å². The molecule has 1 saturated carbocycles. The average Bonchev–Trinajstić information content (AvgIpc) is 2.88. The highest BCUT2D eigenvalue weighted by Gasteiger charge is 2.30. The lowest BCUT2D eigenvalue weighted by atomic mass is 9.95. The number of hydrogen-bond donors (Lipinski definition) is 1. The molecule has 1 fully saturated rings. The molecular formula is C28H37ClFN3O4S. The number of rotatable bonds is 12. The Morgan fingerprint density at radius 2 is 1.74 bits per heavy atom. The fraction of sp³-hybridized carbons (Fsp3) is 0.500. The van der Waals surface area contributed by atoms with Crippen LogP contribution < -0.4 is 9.62 Å². The Morgan fingerprint density at radius 1 is 1.08 bits per heavy atom. The Labute approximate surface area is 230 Å². The minimum Gasteiger partial charge on any atom is -0.352 e. The number of benzene rings is 2. The number of nitrogens with zero attached hydrogens (tertiary/aromatic N) is 2. The predicted molar refractivity (Wildman–Crippen MR) is 149 cm³/mol. The van der Waals surface area contributed by atoms with Crippen molar-refractivity contribution in [1.29, 1.82) is 0 Å². The Balaban J connectivity index is 1.76. The van der Waals surface area contributed by atoms with Gasteiger partial charge in [-0.05, 0) is 55.5 Å². The molecule has 0 saturated heterocycles. The zero-order chi connectivity index (χ0) is 27.7.